The maximum absolute atomic E-state index is 11.4. The molecule has 8 nitrogen and oxygen atoms in total. The average Bonchev–Trinajstić information content (AvgIpc) is 3.01. The monoisotopic (exact) mass is 314 g/mol. The summed E-state index contributed by atoms with van der Waals surface area (Å²) in [5.74, 6) is 0.207. The quantitative estimate of drug-likeness (QED) is 0.549. The first-order valence-corrected chi connectivity index (χ1v) is 7.10. The van der Waals surface area contributed by atoms with E-state index < -0.39 is 4.92 Å². The van der Waals surface area contributed by atoms with Gasteiger partial charge in [0, 0.05) is 17.3 Å². The minimum absolute atomic E-state index is 0.0911. The van der Waals surface area contributed by atoms with E-state index in [1.165, 1.54) is 17.7 Å². The predicted molar refractivity (Wildman–Crippen MR) is 83.8 cm³/mol. The van der Waals surface area contributed by atoms with E-state index in [1.54, 1.807) is 23.7 Å². The Labute approximate surface area is 129 Å². The molecular formula is C13H10N6O2S. The van der Waals surface area contributed by atoms with E-state index in [0.29, 0.717) is 10.8 Å². The van der Waals surface area contributed by atoms with Crippen molar-refractivity contribution in [3.63, 3.8) is 0 Å². The van der Waals surface area contributed by atoms with Gasteiger partial charge in [0.05, 0.1) is 4.92 Å². The third kappa shape index (κ3) is 2.99. The van der Waals surface area contributed by atoms with Gasteiger partial charge in [-0.05, 0) is 12.1 Å². The molecule has 2 heterocycles. The second kappa shape index (κ2) is 6.14. The fraction of sp³-hybridized carbons (Fsp3) is 0. The first-order chi connectivity index (χ1) is 10.7. The molecular weight excluding hydrogens is 304 g/mol. The molecule has 1 aromatic carbocycles. The molecule has 0 aliphatic heterocycles. The van der Waals surface area contributed by atoms with Gasteiger partial charge in [-0.2, -0.15) is 0 Å². The van der Waals surface area contributed by atoms with Crippen molar-refractivity contribution in [1.82, 2.24) is 15.0 Å². The van der Waals surface area contributed by atoms with Crippen LogP contribution in [0.5, 0.6) is 0 Å². The zero-order valence-corrected chi connectivity index (χ0v) is 11.9. The van der Waals surface area contributed by atoms with Gasteiger partial charge in [0.2, 0.25) is 11.6 Å². The minimum Gasteiger partial charge on any atom is -0.334 e. The van der Waals surface area contributed by atoms with Crippen LogP contribution < -0.4 is 10.6 Å². The molecule has 0 aliphatic rings. The molecule has 0 unspecified atom stereocenters. The van der Waals surface area contributed by atoms with Gasteiger partial charge in [0.25, 0.3) is 0 Å². The summed E-state index contributed by atoms with van der Waals surface area (Å²) >= 11 is 1.32. The van der Waals surface area contributed by atoms with E-state index in [1.807, 2.05) is 18.2 Å². The van der Waals surface area contributed by atoms with Crippen LogP contribution in [-0.4, -0.2) is 19.9 Å². The number of rotatable bonds is 5. The molecule has 0 spiro atoms. The fourth-order valence-corrected chi connectivity index (χ4v) is 2.31. The topological polar surface area (TPSA) is 106 Å². The number of benzene rings is 1. The lowest BCUT2D eigenvalue weighted by Crippen LogP contribution is -2.05. The Morgan fingerprint density at radius 3 is 2.41 bits per heavy atom. The van der Waals surface area contributed by atoms with Gasteiger partial charge in [-0.3, -0.25) is 10.1 Å². The zero-order chi connectivity index (χ0) is 15.4. The van der Waals surface area contributed by atoms with Crippen molar-refractivity contribution in [2.45, 2.75) is 0 Å². The third-order valence-corrected chi connectivity index (χ3v) is 3.39. The van der Waals surface area contributed by atoms with Crippen molar-refractivity contribution in [2.75, 3.05) is 10.6 Å². The molecule has 0 aliphatic carbocycles. The Balaban J connectivity index is 1.97. The lowest BCUT2D eigenvalue weighted by atomic mass is 10.3. The second-order valence-corrected chi connectivity index (χ2v) is 5.02. The van der Waals surface area contributed by atoms with Gasteiger partial charge in [-0.1, -0.05) is 18.2 Å². The van der Waals surface area contributed by atoms with Crippen LogP contribution in [0, 0.1) is 10.1 Å². The first-order valence-electron chi connectivity index (χ1n) is 6.22. The van der Waals surface area contributed by atoms with Crippen molar-refractivity contribution in [1.29, 1.82) is 0 Å². The van der Waals surface area contributed by atoms with Crippen LogP contribution in [0.3, 0.4) is 0 Å². The van der Waals surface area contributed by atoms with Gasteiger partial charge in [-0.25, -0.2) is 15.0 Å². The number of hydrogen-bond acceptors (Lipinski definition) is 8. The van der Waals surface area contributed by atoms with Crippen LogP contribution in [0.1, 0.15) is 0 Å². The van der Waals surface area contributed by atoms with Crippen LogP contribution in [0.2, 0.25) is 0 Å². The van der Waals surface area contributed by atoms with Crippen LogP contribution in [0.25, 0.3) is 0 Å². The number of nitro groups is 1. The molecule has 9 heteroatoms. The maximum Gasteiger partial charge on any atom is 0.353 e. The fourth-order valence-electron chi connectivity index (χ4n) is 1.78. The number of hydrogen-bond donors (Lipinski definition) is 2. The molecule has 2 N–H and O–H groups in total. The van der Waals surface area contributed by atoms with Gasteiger partial charge < -0.3 is 10.6 Å². The smallest absolute Gasteiger partial charge is 0.334 e. The van der Waals surface area contributed by atoms with E-state index in [0.717, 1.165) is 0 Å². The van der Waals surface area contributed by atoms with Crippen molar-refractivity contribution in [3.05, 3.63) is 58.4 Å². The van der Waals surface area contributed by atoms with Crippen LogP contribution in [-0.2, 0) is 0 Å². The van der Waals surface area contributed by atoms with Crippen molar-refractivity contribution in [3.8, 4) is 0 Å². The molecule has 0 amide bonds. The predicted octanol–water partition coefficient (Wildman–Crippen LogP) is 3.33. The summed E-state index contributed by atoms with van der Waals surface area (Å²) in [4.78, 5) is 22.8. The Hall–Kier alpha value is -3.07. The highest BCUT2D eigenvalue weighted by Crippen LogP contribution is 2.33. The summed E-state index contributed by atoms with van der Waals surface area (Å²) in [6, 6.07) is 9.09. The molecule has 0 fully saturated rings. The van der Waals surface area contributed by atoms with Gasteiger partial charge in [-0.15, -0.1) is 11.3 Å². The summed E-state index contributed by atoms with van der Waals surface area (Å²) < 4.78 is 0. The van der Waals surface area contributed by atoms with Crippen molar-refractivity contribution >= 4 is 39.5 Å². The number of anilines is 4. The number of nitrogens with one attached hydrogen (secondary N) is 2. The zero-order valence-electron chi connectivity index (χ0n) is 11.1. The second-order valence-electron chi connectivity index (χ2n) is 4.13. The highest BCUT2D eigenvalue weighted by Gasteiger charge is 2.23. The maximum atomic E-state index is 11.4. The van der Waals surface area contributed by atoms with E-state index in [4.69, 9.17) is 0 Å². The number of aromatic nitrogens is 3. The summed E-state index contributed by atoms with van der Waals surface area (Å²) in [6.45, 7) is 0. The molecule has 3 aromatic rings. The molecule has 0 saturated heterocycles. The largest absolute Gasteiger partial charge is 0.353 e. The highest BCUT2D eigenvalue weighted by molar-refractivity contribution is 7.13. The van der Waals surface area contributed by atoms with Crippen molar-refractivity contribution in [2.24, 2.45) is 0 Å². The van der Waals surface area contributed by atoms with E-state index in [9.17, 15) is 10.1 Å². The van der Waals surface area contributed by atoms with Gasteiger partial charge in [0.1, 0.15) is 6.33 Å². The molecule has 0 bridgehead atoms. The Morgan fingerprint density at radius 2 is 1.77 bits per heavy atom. The third-order valence-electron chi connectivity index (χ3n) is 2.70. The Bertz CT molecular complexity index is 778. The lowest BCUT2D eigenvalue weighted by Gasteiger charge is -2.08. The van der Waals surface area contributed by atoms with Crippen LogP contribution in [0.4, 0.5) is 28.1 Å². The first kappa shape index (κ1) is 13.9. The summed E-state index contributed by atoms with van der Waals surface area (Å²) in [5, 5.41) is 19.4. The summed E-state index contributed by atoms with van der Waals surface area (Å²) in [5.41, 5.74) is 0.464. The van der Waals surface area contributed by atoms with E-state index in [2.05, 4.69) is 25.6 Å². The average molecular weight is 314 g/mol. The molecule has 22 heavy (non-hydrogen) atoms. The number of nitrogens with zero attached hydrogens (tertiary/aromatic N) is 4. The summed E-state index contributed by atoms with van der Waals surface area (Å²) in [6.07, 6.45) is 2.86. The molecule has 110 valence electrons. The summed E-state index contributed by atoms with van der Waals surface area (Å²) in [7, 11) is 0. The van der Waals surface area contributed by atoms with Crippen LogP contribution in [0.15, 0.2) is 48.2 Å². The molecule has 2 aromatic heterocycles. The van der Waals surface area contributed by atoms with Crippen molar-refractivity contribution < 1.29 is 4.92 Å². The van der Waals surface area contributed by atoms with E-state index in [-0.39, 0.29) is 17.3 Å². The van der Waals surface area contributed by atoms with Crippen LogP contribution >= 0.6 is 11.3 Å². The Morgan fingerprint density at radius 1 is 1.05 bits per heavy atom. The lowest BCUT2D eigenvalue weighted by molar-refractivity contribution is -0.383. The highest BCUT2D eigenvalue weighted by atomic mass is 32.1. The molecule has 3 rings (SSSR count). The number of thiazole rings is 1. The molecule has 0 saturated carbocycles. The van der Waals surface area contributed by atoms with E-state index >= 15 is 0 Å². The minimum atomic E-state index is -0.527. The van der Waals surface area contributed by atoms with Gasteiger partial charge >= 0.3 is 5.69 Å². The standard InChI is InChI=1S/C13H10N6O2S/c20-19(21)10-11(17-9-4-2-1-3-5-9)15-8-16-12(10)18-13-14-6-7-22-13/h1-8H,(H2,14,15,16,17,18). The Kier molecular flexibility index (Phi) is 3.88. The molecule has 0 atom stereocenters. The normalized spacial score (nSPS) is 10.2. The number of para-hydroxylation sites is 1. The SMILES string of the molecule is O=[N+]([O-])c1c(Nc2ccccc2)ncnc1Nc1nccs1. The van der Waals surface area contributed by atoms with Gasteiger partial charge in [0.15, 0.2) is 5.13 Å². The molecule has 0 radical (unpaired) electrons.